The largest absolute Gasteiger partial charge is 0.494 e. The maximum atomic E-state index is 13.7. The van der Waals surface area contributed by atoms with E-state index >= 15 is 0 Å². The number of carbonyl (C=O) groups is 1. The molecule has 0 aliphatic heterocycles. The van der Waals surface area contributed by atoms with Crippen LogP contribution >= 0.6 is 0 Å². The van der Waals surface area contributed by atoms with Gasteiger partial charge >= 0.3 is 0 Å². The number of nitrogens with zero attached hydrogens (tertiary/aromatic N) is 2. The second kappa shape index (κ2) is 13.4. The molecule has 0 atom stereocenters. The van der Waals surface area contributed by atoms with Gasteiger partial charge in [0.15, 0.2) is 23.0 Å². The molecule has 208 valence electrons. The van der Waals surface area contributed by atoms with Crippen LogP contribution in [-0.2, 0) is 14.8 Å². The number of benzene rings is 3. The summed E-state index contributed by atoms with van der Waals surface area (Å²) in [6.07, 6.45) is 1.41. The number of sulfonamides is 1. The van der Waals surface area contributed by atoms with Crippen molar-refractivity contribution in [3.05, 3.63) is 66.2 Å². The van der Waals surface area contributed by atoms with Crippen molar-refractivity contribution >= 4 is 27.8 Å². The van der Waals surface area contributed by atoms with Crippen molar-refractivity contribution in [2.45, 2.75) is 11.8 Å². The van der Waals surface area contributed by atoms with E-state index in [9.17, 15) is 13.2 Å². The van der Waals surface area contributed by atoms with E-state index in [0.29, 0.717) is 35.2 Å². The van der Waals surface area contributed by atoms with Crippen LogP contribution in [0.25, 0.3) is 0 Å². The van der Waals surface area contributed by atoms with Crippen LogP contribution in [0, 0.1) is 0 Å². The maximum Gasteiger partial charge on any atom is 0.264 e. The van der Waals surface area contributed by atoms with Crippen molar-refractivity contribution in [2.75, 3.05) is 45.9 Å². The molecule has 0 unspecified atom stereocenters. The molecule has 3 aromatic carbocycles. The van der Waals surface area contributed by atoms with Crippen LogP contribution in [0.15, 0.2) is 70.7 Å². The average Bonchev–Trinajstić information content (AvgIpc) is 2.96. The summed E-state index contributed by atoms with van der Waals surface area (Å²) in [6, 6.07) is 15.7. The normalized spacial score (nSPS) is 11.1. The molecule has 1 N–H and O–H groups in total. The molecule has 0 fully saturated rings. The lowest BCUT2D eigenvalue weighted by Crippen LogP contribution is -2.39. The molecular weight excluding hydrogens is 526 g/mol. The molecular formula is C27H31N3O8S. The molecule has 3 aromatic rings. The molecule has 1 amide bonds. The summed E-state index contributed by atoms with van der Waals surface area (Å²) in [5.74, 6) is 1.54. The van der Waals surface area contributed by atoms with Crippen LogP contribution in [0.2, 0.25) is 0 Å². The summed E-state index contributed by atoms with van der Waals surface area (Å²) < 4.78 is 54.9. The third-order valence-electron chi connectivity index (χ3n) is 5.48. The molecule has 0 radical (unpaired) electrons. The monoisotopic (exact) mass is 557 g/mol. The number of carbonyl (C=O) groups excluding carboxylic acids is 1. The van der Waals surface area contributed by atoms with Crippen molar-refractivity contribution in [1.29, 1.82) is 0 Å². The first-order chi connectivity index (χ1) is 18.8. The number of hydrogen-bond acceptors (Lipinski definition) is 9. The average molecular weight is 558 g/mol. The van der Waals surface area contributed by atoms with Crippen molar-refractivity contribution < 1.29 is 36.9 Å². The van der Waals surface area contributed by atoms with Crippen LogP contribution in [0.3, 0.4) is 0 Å². The molecule has 0 saturated heterocycles. The standard InChI is InChI=1S/C27H31N3O8S/c1-6-38-21-10-8-20(9-11-21)30(39(32,33)22-12-14-24(35-3)26(16-22)37-5)18-27(31)29-28-17-19-7-13-23(34-2)25(15-19)36-4/h7-17H,6,18H2,1-5H3,(H,29,31)/b28-17-. The highest BCUT2D eigenvalue weighted by Gasteiger charge is 2.28. The van der Waals surface area contributed by atoms with Crippen LogP contribution in [0.1, 0.15) is 12.5 Å². The first-order valence-electron chi connectivity index (χ1n) is 11.8. The van der Waals surface area contributed by atoms with Crippen molar-refractivity contribution in [3.8, 4) is 28.7 Å². The van der Waals surface area contributed by atoms with Gasteiger partial charge in [-0.25, -0.2) is 13.8 Å². The van der Waals surface area contributed by atoms with E-state index in [1.807, 2.05) is 6.92 Å². The lowest BCUT2D eigenvalue weighted by molar-refractivity contribution is -0.119. The molecule has 0 aromatic heterocycles. The molecule has 0 heterocycles. The fraction of sp³-hybridized carbons (Fsp3) is 0.259. The van der Waals surface area contributed by atoms with Gasteiger partial charge in [0.1, 0.15) is 12.3 Å². The van der Waals surface area contributed by atoms with E-state index in [4.69, 9.17) is 23.7 Å². The van der Waals surface area contributed by atoms with E-state index in [1.165, 1.54) is 52.9 Å². The lowest BCUT2D eigenvalue weighted by atomic mass is 10.2. The van der Waals surface area contributed by atoms with Gasteiger partial charge in [0, 0.05) is 6.07 Å². The number of methoxy groups -OCH3 is 4. The van der Waals surface area contributed by atoms with Gasteiger partial charge in [0.05, 0.1) is 51.8 Å². The third kappa shape index (κ3) is 7.11. The summed E-state index contributed by atoms with van der Waals surface area (Å²) in [5.41, 5.74) is 3.27. The zero-order valence-corrected chi connectivity index (χ0v) is 23.2. The SMILES string of the molecule is CCOc1ccc(N(CC(=O)N/N=C\c2ccc(OC)c(OC)c2)S(=O)(=O)c2ccc(OC)c(OC)c2)cc1. The lowest BCUT2D eigenvalue weighted by Gasteiger charge is -2.24. The highest BCUT2D eigenvalue weighted by molar-refractivity contribution is 7.92. The number of ether oxygens (including phenoxy) is 5. The van der Waals surface area contributed by atoms with E-state index in [2.05, 4.69) is 10.5 Å². The van der Waals surface area contributed by atoms with Gasteiger partial charge < -0.3 is 23.7 Å². The Morgan fingerprint density at radius 1 is 0.846 bits per heavy atom. The van der Waals surface area contributed by atoms with Crippen molar-refractivity contribution in [3.63, 3.8) is 0 Å². The first kappa shape index (κ1) is 29.1. The predicted molar refractivity (Wildman–Crippen MR) is 147 cm³/mol. The topological polar surface area (TPSA) is 125 Å². The molecule has 0 saturated carbocycles. The number of nitrogens with one attached hydrogen (secondary N) is 1. The molecule has 11 nitrogen and oxygen atoms in total. The highest BCUT2D eigenvalue weighted by Crippen LogP contribution is 2.32. The van der Waals surface area contributed by atoms with Crippen LogP contribution < -0.4 is 33.4 Å². The van der Waals surface area contributed by atoms with Crippen LogP contribution in [0.5, 0.6) is 28.7 Å². The van der Waals surface area contributed by atoms with Gasteiger partial charge in [-0.15, -0.1) is 0 Å². The Balaban J connectivity index is 1.88. The summed E-state index contributed by atoms with van der Waals surface area (Å²) in [5, 5.41) is 3.96. The van der Waals surface area contributed by atoms with Gasteiger partial charge in [0.2, 0.25) is 0 Å². The zero-order chi connectivity index (χ0) is 28.4. The van der Waals surface area contributed by atoms with Crippen LogP contribution in [0.4, 0.5) is 5.69 Å². The Kier molecular flexibility index (Phi) is 9.98. The third-order valence-corrected chi connectivity index (χ3v) is 7.25. The number of anilines is 1. The van der Waals surface area contributed by atoms with E-state index in [0.717, 1.165) is 4.31 Å². The molecule has 3 rings (SSSR count). The van der Waals surface area contributed by atoms with Crippen LogP contribution in [-0.4, -0.2) is 62.1 Å². The minimum atomic E-state index is -4.21. The Morgan fingerprint density at radius 3 is 2.03 bits per heavy atom. The molecule has 0 aliphatic rings. The summed E-state index contributed by atoms with van der Waals surface area (Å²) >= 11 is 0. The zero-order valence-electron chi connectivity index (χ0n) is 22.3. The summed E-state index contributed by atoms with van der Waals surface area (Å²) in [6.45, 7) is 1.75. The highest BCUT2D eigenvalue weighted by atomic mass is 32.2. The van der Waals surface area contributed by atoms with E-state index < -0.39 is 22.5 Å². The van der Waals surface area contributed by atoms with Gasteiger partial charge in [0.25, 0.3) is 15.9 Å². The number of hydrogen-bond donors (Lipinski definition) is 1. The second-order valence-corrected chi connectivity index (χ2v) is 9.73. The summed E-state index contributed by atoms with van der Waals surface area (Å²) in [4.78, 5) is 12.8. The molecule has 0 aliphatic carbocycles. The molecule has 0 spiro atoms. The first-order valence-corrected chi connectivity index (χ1v) is 13.2. The second-order valence-electron chi connectivity index (χ2n) is 7.86. The van der Waals surface area contributed by atoms with Gasteiger partial charge in [-0.2, -0.15) is 5.10 Å². The smallest absolute Gasteiger partial charge is 0.264 e. The van der Waals surface area contributed by atoms with Gasteiger partial charge in [-0.3, -0.25) is 9.10 Å². The minimum Gasteiger partial charge on any atom is -0.494 e. The Bertz CT molecular complexity index is 1410. The molecule has 0 bridgehead atoms. The van der Waals surface area contributed by atoms with E-state index in [-0.39, 0.29) is 16.3 Å². The van der Waals surface area contributed by atoms with Gasteiger partial charge in [-0.1, -0.05) is 0 Å². The Labute approximate surface area is 227 Å². The summed E-state index contributed by atoms with van der Waals surface area (Å²) in [7, 11) is 1.68. The van der Waals surface area contributed by atoms with Crippen molar-refractivity contribution in [2.24, 2.45) is 5.10 Å². The maximum absolute atomic E-state index is 13.7. The fourth-order valence-electron chi connectivity index (χ4n) is 3.57. The number of amides is 1. The van der Waals surface area contributed by atoms with Gasteiger partial charge in [-0.05, 0) is 67.1 Å². The fourth-order valence-corrected chi connectivity index (χ4v) is 5.01. The number of rotatable bonds is 13. The van der Waals surface area contributed by atoms with E-state index in [1.54, 1.807) is 42.5 Å². The van der Waals surface area contributed by atoms with Crippen molar-refractivity contribution in [1.82, 2.24) is 5.43 Å². The Morgan fingerprint density at radius 2 is 1.44 bits per heavy atom. The quantitative estimate of drug-likeness (QED) is 0.250. The molecule has 39 heavy (non-hydrogen) atoms. The minimum absolute atomic E-state index is 0.0873. The predicted octanol–water partition coefficient (Wildman–Crippen LogP) is 3.47. The Hall–Kier alpha value is -4.45. The number of hydrazone groups is 1. The molecule has 12 heteroatoms.